The van der Waals surface area contributed by atoms with Crippen molar-refractivity contribution in [1.82, 2.24) is 4.90 Å². The lowest BCUT2D eigenvalue weighted by Gasteiger charge is -2.28. The maximum Gasteiger partial charge on any atom is 0.119 e. The highest BCUT2D eigenvalue weighted by Crippen LogP contribution is 2.24. The van der Waals surface area contributed by atoms with Crippen molar-refractivity contribution in [2.45, 2.75) is 26.2 Å². The Balaban J connectivity index is 1.50. The first kappa shape index (κ1) is 16.1. The number of piperidine rings is 1. The molecule has 2 heteroatoms. The molecule has 0 radical (unpaired) electrons. The molecule has 1 saturated heterocycles. The highest BCUT2D eigenvalue weighted by Gasteiger charge is 2.16. The molecule has 0 bridgehead atoms. The number of hydrogen-bond donors (Lipinski definition) is 0. The molecule has 0 spiro atoms. The summed E-state index contributed by atoms with van der Waals surface area (Å²) in [6, 6.07) is 17.1. The first-order chi connectivity index (χ1) is 11.2. The summed E-state index contributed by atoms with van der Waals surface area (Å²) < 4.78 is 5.94. The predicted molar refractivity (Wildman–Crippen MR) is 96.9 cm³/mol. The Morgan fingerprint density at radius 3 is 2.43 bits per heavy atom. The van der Waals surface area contributed by atoms with Crippen LogP contribution in [0.5, 0.6) is 5.75 Å². The molecule has 122 valence electrons. The second-order valence-electron chi connectivity index (χ2n) is 6.78. The maximum absolute atomic E-state index is 5.94. The number of ether oxygens (including phenoxy) is 1. The molecule has 1 aliphatic heterocycles. The minimum absolute atomic E-state index is 0.831. The van der Waals surface area contributed by atoms with E-state index in [1.165, 1.54) is 49.0 Å². The van der Waals surface area contributed by atoms with Crippen LogP contribution in [0.15, 0.2) is 48.5 Å². The van der Waals surface area contributed by atoms with E-state index in [0.717, 1.165) is 18.3 Å². The molecular formula is C21H27NO. The van der Waals surface area contributed by atoms with Crippen molar-refractivity contribution in [3.8, 4) is 16.9 Å². The summed E-state index contributed by atoms with van der Waals surface area (Å²) in [7, 11) is 2.21. The minimum Gasteiger partial charge on any atom is -0.494 e. The van der Waals surface area contributed by atoms with Gasteiger partial charge in [-0.25, -0.2) is 0 Å². The second-order valence-corrected chi connectivity index (χ2v) is 6.78. The third-order valence-electron chi connectivity index (χ3n) is 4.84. The van der Waals surface area contributed by atoms with Crippen molar-refractivity contribution in [3.63, 3.8) is 0 Å². The average Bonchev–Trinajstić information content (AvgIpc) is 2.57. The summed E-state index contributed by atoms with van der Waals surface area (Å²) in [4.78, 5) is 2.42. The van der Waals surface area contributed by atoms with Crippen molar-refractivity contribution in [2.75, 3.05) is 26.7 Å². The van der Waals surface area contributed by atoms with Crippen molar-refractivity contribution >= 4 is 0 Å². The van der Waals surface area contributed by atoms with Crippen molar-refractivity contribution in [2.24, 2.45) is 5.92 Å². The van der Waals surface area contributed by atoms with Gasteiger partial charge >= 0.3 is 0 Å². The van der Waals surface area contributed by atoms with E-state index < -0.39 is 0 Å². The Morgan fingerprint density at radius 1 is 1.00 bits per heavy atom. The summed E-state index contributed by atoms with van der Waals surface area (Å²) in [5, 5.41) is 0. The average molecular weight is 309 g/mol. The molecule has 2 aromatic carbocycles. The Labute approximate surface area is 140 Å². The lowest BCUT2D eigenvalue weighted by atomic mass is 9.94. The minimum atomic E-state index is 0.831. The van der Waals surface area contributed by atoms with Gasteiger partial charge in [0.05, 0.1) is 6.61 Å². The molecule has 2 aromatic rings. The molecule has 23 heavy (non-hydrogen) atoms. The summed E-state index contributed by atoms with van der Waals surface area (Å²) in [5.74, 6) is 1.81. The zero-order valence-corrected chi connectivity index (χ0v) is 14.3. The van der Waals surface area contributed by atoms with Gasteiger partial charge in [0.1, 0.15) is 5.75 Å². The van der Waals surface area contributed by atoms with Gasteiger partial charge in [0, 0.05) is 0 Å². The summed E-state index contributed by atoms with van der Waals surface area (Å²) in [6.07, 6.45) is 3.80. The van der Waals surface area contributed by atoms with Crippen molar-refractivity contribution in [1.29, 1.82) is 0 Å². The van der Waals surface area contributed by atoms with E-state index in [4.69, 9.17) is 4.74 Å². The fraction of sp³-hybridized carbons (Fsp3) is 0.429. The van der Waals surface area contributed by atoms with Crippen LogP contribution >= 0.6 is 0 Å². The maximum atomic E-state index is 5.94. The van der Waals surface area contributed by atoms with E-state index in [9.17, 15) is 0 Å². The van der Waals surface area contributed by atoms with Gasteiger partial charge in [-0.2, -0.15) is 0 Å². The number of benzene rings is 2. The fourth-order valence-electron chi connectivity index (χ4n) is 3.26. The van der Waals surface area contributed by atoms with Gasteiger partial charge in [-0.1, -0.05) is 42.0 Å². The monoisotopic (exact) mass is 309 g/mol. The Morgan fingerprint density at radius 2 is 1.74 bits per heavy atom. The van der Waals surface area contributed by atoms with Crippen molar-refractivity contribution in [3.05, 3.63) is 54.1 Å². The molecule has 1 fully saturated rings. The standard InChI is InChI=1S/C21H27NO/c1-17-4-3-5-20(16-17)19-6-8-21(9-7-19)23-15-12-18-10-13-22(2)14-11-18/h3-9,16,18H,10-15H2,1-2H3. The predicted octanol–water partition coefficient (Wildman–Crippen LogP) is 4.77. The first-order valence-electron chi connectivity index (χ1n) is 8.69. The lowest BCUT2D eigenvalue weighted by Crippen LogP contribution is -2.30. The number of hydrogen-bond acceptors (Lipinski definition) is 2. The van der Waals surface area contributed by atoms with Crippen LogP contribution in [0.25, 0.3) is 11.1 Å². The fourth-order valence-corrected chi connectivity index (χ4v) is 3.26. The Kier molecular flexibility index (Phi) is 5.35. The molecule has 1 heterocycles. The zero-order valence-electron chi connectivity index (χ0n) is 14.3. The molecule has 0 unspecified atom stereocenters. The third kappa shape index (κ3) is 4.59. The summed E-state index contributed by atoms with van der Waals surface area (Å²) in [6.45, 7) is 5.42. The molecule has 0 N–H and O–H groups in total. The van der Waals surface area contributed by atoms with Gasteiger partial charge in [0.25, 0.3) is 0 Å². The molecule has 0 amide bonds. The van der Waals surface area contributed by atoms with E-state index in [1.54, 1.807) is 0 Å². The first-order valence-corrected chi connectivity index (χ1v) is 8.69. The smallest absolute Gasteiger partial charge is 0.119 e. The zero-order chi connectivity index (χ0) is 16.1. The molecule has 2 nitrogen and oxygen atoms in total. The molecule has 1 aliphatic rings. The molecular weight excluding hydrogens is 282 g/mol. The van der Waals surface area contributed by atoms with E-state index in [0.29, 0.717) is 0 Å². The van der Waals surface area contributed by atoms with Crippen LogP contribution in [-0.4, -0.2) is 31.6 Å². The van der Waals surface area contributed by atoms with Gasteiger partial charge < -0.3 is 9.64 Å². The van der Waals surface area contributed by atoms with Gasteiger partial charge in [0.15, 0.2) is 0 Å². The molecule has 3 rings (SSSR count). The highest BCUT2D eigenvalue weighted by molar-refractivity contribution is 5.64. The Bertz CT molecular complexity index is 612. The Hall–Kier alpha value is -1.80. The van der Waals surface area contributed by atoms with E-state index in [-0.39, 0.29) is 0 Å². The summed E-state index contributed by atoms with van der Waals surface area (Å²) in [5.41, 5.74) is 3.81. The van der Waals surface area contributed by atoms with Gasteiger partial charge in [0.2, 0.25) is 0 Å². The van der Waals surface area contributed by atoms with E-state index >= 15 is 0 Å². The van der Waals surface area contributed by atoms with Crippen LogP contribution in [0, 0.1) is 12.8 Å². The van der Waals surface area contributed by atoms with Gasteiger partial charge in [-0.3, -0.25) is 0 Å². The summed E-state index contributed by atoms with van der Waals surface area (Å²) >= 11 is 0. The van der Waals surface area contributed by atoms with Gasteiger partial charge in [-0.05, 0) is 75.5 Å². The van der Waals surface area contributed by atoms with Crippen LogP contribution in [-0.2, 0) is 0 Å². The molecule has 0 saturated carbocycles. The third-order valence-corrected chi connectivity index (χ3v) is 4.84. The topological polar surface area (TPSA) is 12.5 Å². The van der Waals surface area contributed by atoms with Crippen LogP contribution in [0.4, 0.5) is 0 Å². The largest absolute Gasteiger partial charge is 0.494 e. The van der Waals surface area contributed by atoms with Crippen LogP contribution in [0.3, 0.4) is 0 Å². The van der Waals surface area contributed by atoms with Gasteiger partial charge in [-0.15, -0.1) is 0 Å². The second kappa shape index (κ2) is 7.65. The van der Waals surface area contributed by atoms with E-state index in [2.05, 4.69) is 67.4 Å². The molecule has 0 atom stereocenters. The number of nitrogens with zero attached hydrogens (tertiary/aromatic N) is 1. The van der Waals surface area contributed by atoms with Crippen LogP contribution < -0.4 is 4.74 Å². The molecule has 0 aromatic heterocycles. The lowest BCUT2D eigenvalue weighted by molar-refractivity contribution is 0.187. The quantitative estimate of drug-likeness (QED) is 0.788. The number of likely N-dealkylation sites (tertiary alicyclic amines) is 1. The SMILES string of the molecule is Cc1cccc(-c2ccc(OCCC3CCN(C)CC3)cc2)c1. The van der Waals surface area contributed by atoms with E-state index in [1.807, 2.05) is 0 Å². The number of aryl methyl sites for hydroxylation is 1. The van der Waals surface area contributed by atoms with Crippen molar-refractivity contribution < 1.29 is 4.74 Å². The molecule has 0 aliphatic carbocycles. The van der Waals surface area contributed by atoms with Crippen LogP contribution in [0.2, 0.25) is 0 Å². The number of rotatable bonds is 5. The van der Waals surface area contributed by atoms with Crippen LogP contribution in [0.1, 0.15) is 24.8 Å². The highest BCUT2D eigenvalue weighted by atomic mass is 16.5. The normalized spacial score (nSPS) is 16.4.